The van der Waals surface area contributed by atoms with Crippen molar-refractivity contribution in [2.75, 3.05) is 6.26 Å². The topological polar surface area (TPSA) is 62.5 Å². The van der Waals surface area contributed by atoms with Crippen LogP contribution in [0.5, 0.6) is 0 Å². The summed E-state index contributed by atoms with van der Waals surface area (Å²) in [6.07, 6.45) is 3.51. The Hall–Kier alpha value is -1.93. The first kappa shape index (κ1) is 10.6. The minimum absolute atomic E-state index is 0.635. The molecule has 1 aromatic carbocycles. The zero-order valence-electron chi connectivity index (χ0n) is 8.58. The smallest absolute Gasteiger partial charge is 0.209 e. The second kappa shape index (κ2) is 4.73. The Balaban J connectivity index is 2.39. The average Bonchev–Trinajstić information content (AvgIpc) is 2.39. The van der Waals surface area contributed by atoms with E-state index in [9.17, 15) is 0 Å². The standard InChI is InChI=1S/C11H8N4S/c1-16-11-14-10(7-13-15-11)9-4-2-8(6-12)3-5-9/h2-5,7H,1H3. The summed E-state index contributed by atoms with van der Waals surface area (Å²) in [4.78, 5) is 4.32. The molecule has 0 saturated heterocycles. The number of aromatic nitrogens is 3. The molecule has 0 radical (unpaired) electrons. The van der Waals surface area contributed by atoms with E-state index in [4.69, 9.17) is 5.26 Å². The lowest BCUT2D eigenvalue weighted by Crippen LogP contribution is -1.92. The van der Waals surface area contributed by atoms with Gasteiger partial charge in [0.05, 0.1) is 23.5 Å². The van der Waals surface area contributed by atoms with E-state index < -0.39 is 0 Å². The van der Waals surface area contributed by atoms with Crippen LogP contribution in [0.25, 0.3) is 11.3 Å². The minimum Gasteiger partial charge on any atom is -0.219 e. The maximum absolute atomic E-state index is 8.69. The second-order valence-electron chi connectivity index (χ2n) is 3.02. The Labute approximate surface area is 97.4 Å². The van der Waals surface area contributed by atoms with Crippen molar-refractivity contribution < 1.29 is 0 Å². The van der Waals surface area contributed by atoms with Gasteiger partial charge in [-0.05, 0) is 18.4 Å². The SMILES string of the molecule is CSc1nncc(-c2ccc(C#N)cc2)n1. The normalized spacial score (nSPS) is 9.75. The molecule has 2 aromatic rings. The third-order valence-electron chi connectivity index (χ3n) is 2.03. The zero-order valence-corrected chi connectivity index (χ0v) is 9.40. The lowest BCUT2D eigenvalue weighted by molar-refractivity contribution is 0.846. The lowest BCUT2D eigenvalue weighted by Gasteiger charge is -2.00. The summed E-state index contributed by atoms with van der Waals surface area (Å²) in [6, 6.07) is 9.30. The second-order valence-corrected chi connectivity index (χ2v) is 3.79. The molecule has 4 nitrogen and oxygen atoms in total. The predicted molar refractivity (Wildman–Crippen MR) is 61.8 cm³/mol. The monoisotopic (exact) mass is 228 g/mol. The van der Waals surface area contributed by atoms with Gasteiger partial charge in [0.15, 0.2) is 0 Å². The Morgan fingerprint density at radius 1 is 1.25 bits per heavy atom. The van der Waals surface area contributed by atoms with Crippen LogP contribution in [0.15, 0.2) is 35.6 Å². The van der Waals surface area contributed by atoms with E-state index in [1.54, 1.807) is 18.3 Å². The van der Waals surface area contributed by atoms with Crippen LogP contribution in [0.2, 0.25) is 0 Å². The number of hydrogen-bond acceptors (Lipinski definition) is 5. The number of thioether (sulfide) groups is 1. The molecule has 0 atom stereocenters. The van der Waals surface area contributed by atoms with Gasteiger partial charge in [-0.1, -0.05) is 23.9 Å². The first-order valence-corrected chi connectivity index (χ1v) is 5.80. The van der Waals surface area contributed by atoms with Crippen molar-refractivity contribution in [3.8, 4) is 17.3 Å². The van der Waals surface area contributed by atoms with Crippen LogP contribution in [-0.4, -0.2) is 21.4 Å². The van der Waals surface area contributed by atoms with Crippen LogP contribution in [0.3, 0.4) is 0 Å². The van der Waals surface area contributed by atoms with Gasteiger partial charge >= 0.3 is 0 Å². The Kier molecular flexibility index (Phi) is 3.13. The van der Waals surface area contributed by atoms with E-state index in [0.29, 0.717) is 10.7 Å². The maximum Gasteiger partial charge on any atom is 0.209 e. The molecule has 5 heteroatoms. The van der Waals surface area contributed by atoms with Crippen molar-refractivity contribution in [2.24, 2.45) is 0 Å². The molecule has 0 spiro atoms. The molecule has 2 rings (SSSR count). The third kappa shape index (κ3) is 2.18. The number of nitriles is 1. The van der Waals surface area contributed by atoms with E-state index in [1.165, 1.54) is 11.8 Å². The quantitative estimate of drug-likeness (QED) is 0.737. The van der Waals surface area contributed by atoms with Gasteiger partial charge in [-0.2, -0.15) is 10.4 Å². The molecule has 0 amide bonds. The highest BCUT2D eigenvalue weighted by Gasteiger charge is 2.02. The fourth-order valence-corrected chi connectivity index (χ4v) is 1.55. The van der Waals surface area contributed by atoms with E-state index in [0.717, 1.165) is 11.3 Å². The summed E-state index contributed by atoms with van der Waals surface area (Å²) >= 11 is 1.45. The summed E-state index contributed by atoms with van der Waals surface area (Å²) in [7, 11) is 0. The highest BCUT2D eigenvalue weighted by atomic mass is 32.2. The largest absolute Gasteiger partial charge is 0.219 e. The summed E-state index contributed by atoms with van der Waals surface area (Å²) in [5.74, 6) is 0. The molecule has 0 aliphatic heterocycles. The van der Waals surface area contributed by atoms with Gasteiger partial charge in [-0.3, -0.25) is 0 Å². The first-order valence-electron chi connectivity index (χ1n) is 4.58. The van der Waals surface area contributed by atoms with Crippen molar-refractivity contribution in [1.82, 2.24) is 15.2 Å². The Morgan fingerprint density at radius 3 is 2.62 bits per heavy atom. The highest BCUT2D eigenvalue weighted by Crippen LogP contribution is 2.18. The zero-order chi connectivity index (χ0) is 11.4. The van der Waals surface area contributed by atoms with Gasteiger partial charge in [-0.25, -0.2) is 4.98 Å². The molecule has 0 N–H and O–H groups in total. The summed E-state index contributed by atoms with van der Waals surface area (Å²) in [5.41, 5.74) is 2.34. The van der Waals surface area contributed by atoms with Crippen molar-refractivity contribution in [2.45, 2.75) is 5.16 Å². The number of hydrogen-bond donors (Lipinski definition) is 0. The van der Waals surface area contributed by atoms with Crippen molar-refractivity contribution in [3.05, 3.63) is 36.0 Å². The Morgan fingerprint density at radius 2 is 2.00 bits per heavy atom. The van der Waals surface area contributed by atoms with Gasteiger partial charge in [0.25, 0.3) is 0 Å². The first-order chi connectivity index (χ1) is 7.83. The van der Waals surface area contributed by atoms with Gasteiger partial charge in [0, 0.05) is 5.56 Å². The van der Waals surface area contributed by atoms with E-state index in [1.807, 2.05) is 18.4 Å². The van der Waals surface area contributed by atoms with Crippen LogP contribution < -0.4 is 0 Å². The van der Waals surface area contributed by atoms with Crippen molar-refractivity contribution in [1.29, 1.82) is 5.26 Å². The van der Waals surface area contributed by atoms with Crippen LogP contribution in [0.1, 0.15) is 5.56 Å². The maximum atomic E-state index is 8.69. The predicted octanol–water partition coefficient (Wildman–Crippen LogP) is 2.13. The van der Waals surface area contributed by atoms with Crippen molar-refractivity contribution in [3.63, 3.8) is 0 Å². The van der Waals surface area contributed by atoms with E-state index in [2.05, 4.69) is 21.3 Å². The van der Waals surface area contributed by atoms with E-state index >= 15 is 0 Å². The molecule has 16 heavy (non-hydrogen) atoms. The highest BCUT2D eigenvalue weighted by molar-refractivity contribution is 7.98. The van der Waals surface area contributed by atoms with E-state index in [-0.39, 0.29) is 0 Å². The molecular formula is C11H8N4S. The van der Waals surface area contributed by atoms with Crippen LogP contribution >= 0.6 is 11.8 Å². The average molecular weight is 228 g/mol. The minimum atomic E-state index is 0.635. The summed E-state index contributed by atoms with van der Waals surface area (Å²) in [5, 5.41) is 17.1. The lowest BCUT2D eigenvalue weighted by atomic mass is 10.1. The molecule has 0 saturated carbocycles. The fraction of sp³-hybridized carbons (Fsp3) is 0.0909. The Bertz CT molecular complexity index is 530. The fourth-order valence-electron chi connectivity index (χ4n) is 1.23. The third-order valence-corrected chi connectivity index (χ3v) is 2.57. The van der Waals surface area contributed by atoms with Crippen LogP contribution in [0, 0.1) is 11.3 Å². The van der Waals surface area contributed by atoms with Gasteiger partial charge in [0.1, 0.15) is 0 Å². The molecule has 0 bridgehead atoms. The van der Waals surface area contributed by atoms with Gasteiger partial charge in [-0.15, -0.1) is 5.10 Å². The molecule has 0 aliphatic rings. The summed E-state index contributed by atoms with van der Waals surface area (Å²) < 4.78 is 0. The van der Waals surface area contributed by atoms with Gasteiger partial charge in [0.2, 0.25) is 5.16 Å². The molecule has 0 fully saturated rings. The number of benzene rings is 1. The molecule has 1 heterocycles. The molecule has 0 aliphatic carbocycles. The molecule has 1 aromatic heterocycles. The number of rotatable bonds is 2. The van der Waals surface area contributed by atoms with Gasteiger partial charge < -0.3 is 0 Å². The van der Waals surface area contributed by atoms with Crippen molar-refractivity contribution >= 4 is 11.8 Å². The number of nitrogens with zero attached hydrogens (tertiary/aromatic N) is 4. The van der Waals surface area contributed by atoms with Crippen LogP contribution in [-0.2, 0) is 0 Å². The van der Waals surface area contributed by atoms with Crippen LogP contribution in [0.4, 0.5) is 0 Å². The summed E-state index contributed by atoms with van der Waals surface area (Å²) in [6.45, 7) is 0. The molecular weight excluding hydrogens is 220 g/mol. The molecule has 0 unspecified atom stereocenters. The molecule has 78 valence electrons.